The molecule has 1 aromatic carbocycles. The molecule has 3 atom stereocenters. The minimum absolute atomic E-state index is 0.0886. The van der Waals surface area contributed by atoms with Crippen molar-refractivity contribution in [1.29, 1.82) is 0 Å². The predicted molar refractivity (Wildman–Crippen MR) is 157 cm³/mol. The molecule has 41 heavy (non-hydrogen) atoms. The smallest absolute Gasteiger partial charge is 0.329 e. The van der Waals surface area contributed by atoms with E-state index < -0.39 is 35.2 Å². The van der Waals surface area contributed by atoms with Gasteiger partial charge in [-0.3, -0.25) is 9.35 Å². The predicted octanol–water partition coefficient (Wildman–Crippen LogP) is 2.08. The largest absolute Gasteiger partial charge is 0.491 e. The highest BCUT2D eigenvalue weighted by Crippen LogP contribution is 2.35. The van der Waals surface area contributed by atoms with Crippen LogP contribution in [0.5, 0.6) is 5.75 Å². The Morgan fingerprint density at radius 2 is 2.10 bits per heavy atom. The van der Waals surface area contributed by atoms with Crippen molar-refractivity contribution in [3.05, 3.63) is 36.2 Å². The first-order valence-corrected chi connectivity index (χ1v) is 14.8. The quantitative estimate of drug-likeness (QED) is 0.167. The van der Waals surface area contributed by atoms with Gasteiger partial charge in [-0.2, -0.15) is 0 Å². The fraction of sp³-hybridized carbons (Fsp3) is 0.462. The number of esters is 1. The normalized spacial score (nSPS) is 16.6. The van der Waals surface area contributed by atoms with Crippen LogP contribution in [-0.2, 0) is 36.8 Å². The topological polar surface area (TPSA) is 161 Å². The minimum atomic E-state index is -2.50. The summed E-state index contributed by atoms with van der Waals surface area (Å²) in [5, 5.41) is 2.48. The molecular weight excluding hydrogens is 572 g/mol. The monoisotopic (exact) mass is 606 g/mol. The average molecular weight is 607 g/mol. The maximum absolute atomic E-state index is 13.8. The van der Waals surface area contributed by atoms with Crippen molar-refractivity contribution in [3.8, 4) is 5.75 Å². The number of aromatic nitrogens is 2. The number of anilines is 3. The van der Waals surface area contributed by atoms with E-state index in [0.29, 0.717) is 39.3 Å². The highest BCUT2D eigenvalue weighted by Gasteiger charge is 2.44. The summed E-state index contributed by atoms with van der Waals surface area (Å²) in [6.45, 7) is 2.60. The second-order valence-corrected chi connectivity index (χ2v) is 11.3. The minimum Gasteiger partial charge on any atom is -0.491 e. The summed E-state index contributed by atoms with van der Waals surface area (Å²) < 4.78 is 40.2. The summed E-state index contributed by atoms with van der Waals surface area (Å²) in [6.07, 6.45) is 3.37. The Labute approximate surface area is 244 Å². The van der Waals surface area contributed by atoms with E-state index in [2.05, 4.69) is 9.97 Å². The number of fused-ring (bicyclic) bond motifs is 1. The zero-order valence-corrected chi connectivity index (χ0v) is 24.9. The Morgan fingerprint density at radius 3 is 2.76 bits per heavy atom. The molecule has 3 N–H and O–H groups in total. The Morgan fingerprint density at radius 1 is 1.32 bits per heavy atom. The number of hydrogen-bond acceptors (Lipinski definition) is 11. The van der Waals surface area contributed by atoms with Crippen LogP contribution in [0, 0.1) is 0 Å². The molecule has 0 radical (unpaired) electrons. The molecule has 1 amide bonds. The van der Waals surface area contributed by atoms with Gasteiger partial charge in [-0.05, 0) is 42.5 Å². The summed E-state index contributed by atoms with van der Waals surface area (Å²) in [5.74, 6) is -0.224. The van der Waals surface area contributed by atoms with E-state index in [9.17, 15) is 18.4 Å². The molecule has 1 saturated heterocycles. The van der Waals surface area contributed by atoms with Crippen LogP contribution < -0.4 is 19.7 Å². The Bertz CT molecular complexity index is 1420. The number of rotatable bonds is 13. The third-order valence-electron chi connectivity index (χ3n) is 6.61. The van der Waals surface area contributed by atoms with Crippen LogP contribution in [0.25, 0.3) is 10.8 Å². The summed E-state index contributed by atoms with van der Waals surface area (Å²) in [4.78, 5) is 38.7. The van der Waals surface area contributed by atoms with Gasteiger partial charge in [-0.25, -0.2) is 23.3 Å². The number of thiazole rings is 1. The van der Waals surface area contributed by atoms with Crippen LogP contribution >= 0.6 is 11.3 Å². The molecule has 3 heterocycles. The van der Waals surface area contributed by atoms with Gasteiger partial charge in [-0.15, -0.1) is 0 Å². The number of nitrogens with zero attached hydrogens (tertiary/aromatic N) is 5. The maximum Gasteiger partial charge on any atom is 0.329 e. The first kappa shape index (κ1) is 30.4. The van der Waals surface area contributed by atoms with Crippen LogP contribution in [0.4, 0.5) is 16.0 Å². The van der Waals surface area contributed by atoms with Gasteiger partial charge in [0.25, 0.3) is 11.3 Å². The van der Waals surface area contributed by atoms with Gasteiger partial charge < -0.3 is 29.7 Å². The van der Waals surface area contributed by atoms with Crippen molar-refractivity contribution in [2.24, 2.45) is 0 Å². The fourth-order valence-corrected chi connectivity index (χ4v) is 6.40. The number of nitrogen functional groups attached to an aromatic ring is 1. The van der Waals surface area contributed by atoms with E-state index in [1.165, 1.54) is 22.4 Å². The Kier molecular flexibility index (Phi) is 9.96. The van der Waals surface area contributed by atoms with Crippen molar-refractivity contribution in [2.75, 3.05) is 62.5 Å². The van der Waals surface area contributed by atoms with Gasteiger partial charge >= 0.3 is 5.97 Å². The van der Waals surface area contributed by atoms with E-state index in [0.717, 1.165) is 9.69 Å². The Hall–Kier alpha value is -3.53. The number of pyridine rings is 1. The molecule has 3 aromatic rings. The van der Waals surface area contributed by atoms with Crippen molar-refractivity contribution in [3.63, 3.8) is 0 Å². The second-order valence-electron chi connectivity index (χ2n) is 9.46. The SMILES string of the molecule is CCOC(=O)[C@@H](Cc1cc2ccnc(N)c2cc1OCCOC)N1CC[C@H](N(c2cnc(N(C)C)s2)S(=O)O)C1=O. The van der Waals surface area contributed by atoms with E-state index >= 15 is 0 Å². The van der Waals surface area contributed by atoms with Gasteiger partial charge in [-0.1, -0.05) is 11.3 Å². The molecule has 4 rings (SSSR count). The summed E-state index contributed by atoms with van der Waals surface area (Å²) in [7, 11) is 5.18. The van der Waals surface area contributed by atoms with Gasteiger partial charge in [0.2, 0.25) is 5.91 Å². The molecule has 1 unspecified atom stereocenters. The van der Waals surface area contributed by atoms with Crippen LogP contribution in [0.15, 0.2) is 30.6 Å². The summed E-state index contributed by atoms with van der Waals surface area (Å²) >= 11 is -1.31. The second kappa shape index (κ2) is 13.4. The summed E-state index contributed by atoms with van der Waals surface area (Å²) in [5.41, 5.74) is 6.76. The van der Waals surface area contributed by atoms with Crippen LogP contribution in [0.2, 0.25) is 0 Å². The fourth-order valence-electron chi connectivity index (χ4n) is 4.69. The molecule has 0 spiro atoms. The van der Waals surface area contributed by atoms with Crippen LogP contribution in [0.1, 0.15) is 18.9 Å². The number of ether oxygens (including phenoxy) is 3. The van der Waals surface area contributed by atoms with Gasteiger partial charge in [0.1, 0.15) is 35.3 Å². The van der Waals surface area contributed by atoms with E-state index in [4.69, 9.17) is 19.9 Å². The molecule has 0 aliphatic carbocycles. The number of carbonyl (C=O) groups excluding carboxylic acids is 2. The maximum atomic E-state index is 13.8. The average Bonchev–Trinajstić information content (AvgIpc) is 3.56. The van der Waals surface area contributed by atoms with Gasteiger partial charge in [0, 0.05) is 45.8 Å². The number of hydrogen-bond donors (Lipinski definition) is 2. The summed E-state index contributed by atoms with van der Waals surface area (Å²) in [6, 6.07) is 3.46. The number of carbonyl (C=O) groups is 2. The van der Waals surface area contributed by atoms with Gasteiger partial charge in [0.05, 0.1) is 19.4 Å². The lowest BCUT2D eigenvalue weighted by atomic mass is 10.00. The number of likely N-dealkylation sites (tertiary alicyclic amines) is 1. The van der Waals surface area contributed by atoms with Crippen LogP contribution in [0.3, 0.4) is 0 Å². The number of methoxy groups -OCH3 is 1. The first-order valence-electron chi connectivity index (χ1n) is 13.0. The lowest BCUT2D eigenvalue weighted by molar-refractivity contribution is -0.153. The molecule has 15 heteroatoms. The molecule has 0 bridgehead atoms. The Balaban J connectivity index is 1.68. The third-order valence-corrected chi connectivity index (χ3v) is 8.68. The van der Waals surface area contributed by atoms with E-state index in [1.807, 2.05) is 6.07 Å². The van der Waals surface area contributed by atoms with Crippen molar-refractivity contribution in [2.45, 2.75) is 31.8 Å². The zero-order chi connectivity index (χ0) is 29.7. The van der Waals surface area contributed by atoms with Crippen LogP contribution in [-0.4, -0.2) is 95.2 Å². The standard InChI is InChI=1S/C26H34N6O7S2/c1-5-38-25(34)20(13-17-12-16-6-8-28-23(27)18(16)14-21(17)39-11-10-37-4)31-9-7-19(24(31)33)32(41(35)36)22-15-29-26(40-22)30(2)3/h6,8,12,14-15,19-20H,5,7,9-11,13H2,1-4H3,(H2,27,28)(H,35,36)/t19-,20+/m0/s1. The number of amides is 1. The van der Waals surface area contributed by atoms with Crippen molar-refractivity contribution in [1.82, 2.24) is 14.9 Å². The third kappa shape index (κ3) is 6.69. The number of benzene rings is 1. The zero-order valence-electron chi connectivity index (χ0n) is 23.3. The van der Waals surface area contributed by atoms with E-state index in [1.54, 1.807) is 51.4 Å². The lowest BCUT2D eigenvalue weighted by Gasteiger charge is -2.29. The molecular formula is C26H34N6O7S2. The molecule has 1 fully saturated rings. The van der Waals surface area contributed by atoms with E-state index in [-0.39, 0.29) is 32.6 Å². The molecule has 222 valence electrons. The highest BCUT2D eigenvalue weighted by molar-refractivity contribution is 7.81. The van der Waals surface area contributed by atoms with Gasteiger partial charge in [0.15, 0.2) is 5.13 Å². The first-order chi connectivity index (χ1) is 19.7. The lowest BCUT2D eigenvalue weighted by Crippen LogP contribution is -2.49. The van der Waals surface area contributed by atoms with Crippen molar-refractivity contribution >= 4 is 61.2 Å². The molecule has 2 aromatic heterocycles. The highest BCUT2D eigenvalue weighted by atomic mass is 32.2. The number of nitrogens with two attached hydrogens (primary N) is 1. The molecule has 1 aliphatic heterocycles. The van der Waals surface area contributed by atoms with Crippen molar-refractivity contribution < 1.29 is 32.6 Å². The molecule has 13 nitrogen and oxygen atoms in total. The molecule has 0 saturated carbocycles. The molecule has 1 aliphatic rings.